The predicted molar refractivity (Wildman–Crippen MR) is 113 cm³/mol. The number of nitrogens with one attached hydrogen (secondary N) is 1. The molecule has 2 aromatic rings. The highest BCUT2D eigenvalue weighted by Gasteiger charge is 2.66. The van der Waals surface area contributed by atoms with Gasteiger partial charge in [0.1, 0.15) is 17.9 Å². The molecule has 31 heavy (non-hydrogen) atoms. The molecule has 164 valence electrons. The normalized spacial score (nSPS) is 29.6. The number of aromatic amines is 1. The summed E-state index contributed by atoms with van der Waals surface area (Å²) in [6.45, 7) is 4.34. The Morgan fingerprint density at radius 1 is 1.29 bits per heavy atom. The van der Waals surface area contributed by atoms with E-state index in [1.807, 2.05) is 38.1 Å². The van der Waals surface area contributed by atoms with Gasteiger partial charge < -0.3 is 24.5 Å². The summed E-state index contributed by atoms with van der Waals surface area (Å²) in [6, 6.07) is 4.44. The SMILES string of the molecule is COc1ccc2c3c([nH]c2c1)[C@@H](C=C(C)C)N1C(=O)[C@H]2CCCN2C(=O)[C@]1(O)[C@H]3OC. The molecule has 3 aliphatic heterocycles. The number of carbonyl (C=O) groups is 2. The van der Waals surface area contributed by atoms with E-state index in [9.17, 15) is 14.7 Å². The molecule has 4 heterocycles. The van der Waals surface area contributed by atoms with Crippen molar-refractivity contribution in [2.24, 2.45) is 0 Å². The lowest BCUT2D eigenvalue weighted by atomic mass is 9.82. The lowest BCUT2D eigenvalue weighted by Gasteiger charge is -2.54. The summed E-state index contributed by atoms with van der Waals surface area (Å²) >= 11 is 0. The van der Waals surface area contributed by atoms with Crippen LogP contribution >= 0.6 is 0 Å². The summed E-state index contributed by atoms with van der Waals surface area (Å²) in [4.78, 5) is 33.5. The van der Waals surface area contributed by atoms with Gasteiger partial charge in [-0.25, -0.2) is 0 Å². The second-order valence-electron chi connectivity index (χ2n) is 8.76. The number of piperazine rings is 1. The van der Waals surface area contributed by atoms with E-state index in [1.165, 1.54) is 16.9 Å². The number of amides is 2. The van der Waals surface area contributed by atoms with Gasteiger partial charge in [0.25, 0.3) is 11.6 Å². The molecule has 8 heteroatoms. The van der Waals surface area contributed by atoms with E-state index in [0.717, 1.165) is 28.6 Å². The maximum atomic E-state index is 13.6. The predicted octanol–water partition coefficient (Wildman–Crippen LogP) is 2.41. The number of hydrogen-bond donors (Lipinski definition) is 2. The number of hydrogen-bond acceptors (Lipinski definition) is 5. The molecular weight excluding hydrogens is 398 g/mol. The molecule has 0 spiro atoms. The summed E-state index contributed by atoms with van der Waals surface area (Å²) in [5, 5.41) is 12.8. The quantitative estimate of drug-likeness (QED) is 0.737. The highest BCUT2D eigenvalue weighted by molar-refractivity contribution is 6.02. The molecule has 3 aliphatic rings. The molecule has 1 aromatic carbocycles. The zero-order chi connectivity index (χ0) is 22.1. The summed E-state index contributed by atoms with van der Waals surface area (Å²) in [7, 11) is 3.06. The fourth-order valence-electron chi connectivity index (χ4n) is 5.45. The molecule has 0 aliphatic carbocycles. The number of H-pyrrole nitrogens is 1. The average molecular weight is 425 g/mol. The standard InChI is InChI=1S/C23H27N3O5/c1-12(2)10-17-19-18(14-8-7-13(30-3)11-15(14)24-19)20(31-4)23(29)22(28)25-9-5-6-16(25)21(27)26(17)23/h7-8,10-11,16-17,20,24,29H,5-6,9H2,1-4H3/t16-,17-,20+,23-/m1/s1. The highest BCUT2D eigenvalue weighted by Crippen LogP contribution is 2.52. The summed E-state index contributed by atoms with van der Waals surface area (Å²) < 4.78 is 11.1. The Hall–Kier alpha value is -2.84. The molecular formula is C23H27N3O5. The fraction of sp³-hybridized carbons (Fsp3) is 0.478. The third kappa shape index (κ3) is 2.55. The Bertz CT molecular complexity index is 1120. The van der Waals surface area contributed by atoms with Gasteiger partial charge in [-0.3, -0.25) is 14.5 Å². The zero-order valence-electron chi connectivity index (χ0n) is 18.1. The Morgan fingerprint density at radius 2 is 2.06 bits per heavy atom. The van der Waals surface area contributed by atoms with E-state index in [1.54, 1.807) is 7.11 Å². The second-order valence-corrected chi connectivity index (χ2v) is 8.76. The van der Waals surface area contributed by atoms with Crippen LogP contribution in [0.3, 0.4) is 0 Å². The maximum absolute atomic E-state index is 13.6. The van der Waals surface area contributed by atoms with Gasteiger partial charge in [-0.1, -0.05) is 11.6 Å². The van der Waals surface area contributed by atoms with Crippen LogP contribution in [-0.2, 0) is 14.3 Å². The van der Waals surface area contributed by atoms with Crippen molar-refractivity contribution >= 4 is 22.7 Å². The van der Waals surface area contributed by atoms with Crippen LogP contribution in [0, 0.1) is 0 Å². The van der Waals surface area contributed by atoms with Crippen LogP contribution in [0.2, 0.25) is 0 Å². The average Bonchev–Trinajstić information content (AvgIpc) is 3.37. The van der Waals surface area contributed by atoms with Crippen LogP contribution < -0.4 is 4.74 Å². The first-order valence-corrected chi connectivity index (χ1v) is 10.6. The van der Waals surface area contributed by atoms with Crippen LogP contribution in [0.1, 0.15) is 50.1 Å². The van der Waals surface area contributed by atoms with Crippen LogP contribution in [0.4, 0.5) is 0 Å². The maximum Gasteiger partial charge on any atom is 0.279 e. The number of aromatic nitrogens is 1. The van der Waals surface area contributed by atoms with Crippen molar-refractivity contribution < 1.29 is 24.2 Å². The van der Waals surface area contributed by atoms with Crippen molar-refractivity contribution in [1.29, 1.82) is 0 Å². The van der Waals surface area contributed by atoms with Crippen molar-refractivity contribution in [3.8, 4) is 5.75 Å². The van der Waals surface area contributed by atoms with Gasteiger partial charge in [-0.05, 0) is 38.8 Å². The largest absolute Gasteiger partial charge is 0.497 e. The van der Waals surface area contributed by atoms with E-state index in [0.29, 0.717) is 24.3 Å². The minimum Gasteiger partial charge on any atom is -0.497 e. The topological polar surface area (TPSA) is 95.1 Å². The molecule has 0 unspecified atom stereocenters. The number of rotatable bonds is 3. The van der Waals surface area contributed by atoms with E-state index in [4.69, 9.17) is 9.47 Å². The lowest BCUT2D eigenvalue weighted by molar-refractivity contribution is -0.233. The number of methoxy groups -OCH3 is 2. The van der Waals surface area contributed by atoms with Crippen molar-refractivity contribution in [2.75, 3.05) is 20.8 Å². The van der Waals surface area contributed by atoms with Gasteiger partial charge in [0, 0.05) is 41.9 Å². The van der Waals surface area contributed by atoms with E-state index >= 15 is 0 Å². The minimum atomic E-state index is -2.12. The number of benzene rings is 1. The second kappa shape index (κ2) is 6.83. The third-order valence-corrected chi connectivity index (χ3v) is 6.72. The summed E-state index contributed by atoms with van der Waals surface area (Å²) in [5.74, 6) is -0.0313. The number of fused-ring (bicyclic) bond motifs is 5. The first kappa shape index (κ1) is 20.1. The van der Waals surface area contributed by atoms with Crippen molar-refractivity contribution in [1.82, 2.24) is 14.8 Å². The molecule has 2 fully saturated rings. The summed E-state index contributed by atoms with van der Waals surface area (Å²) in [5.41, 5.74) is 1.08. The molecule has 4 atom stereocenters. The Kier molecular flexibility index (Phi) is 4.43. The third-order valence-electron chi connectivity index (χ3n) is 6.72. The van der Waals surface area contributed by atoms with Gasteiger partial charge in [0.15, 0.2) is 0 Å². The molecule has 2 amide bonds. The molecule has 0 bridgehead atoms. The van der Waals surface area contributed by atoms with Crippen molar-refractivity contribution in [3.05, 3.63) is 41.1 Å². The Morgan fingerprint density at radius 3 is 2.74 bits per heavy atom. The molecule has 2 saturated heterocycles. The first-order valence-electron chi connectivity index (χ1n) is 10.6. The van der Waals surface area contributed by atoms with Crippen molar-refractivity contribution in [2.45, 2.75) is 50.6 Å². The number of carbonyl (C=O) groups excluding carboxylic acids is 2. The van der Waals surface area contributed by atoms with E-state index in [2.05, 4.69) is 4.98 Å². The summed E-state index contributed by atoms with van der Waals surface area (Å²) in [6.07, 6.45) is 2.24. The molecule has 5 rings (SSSR count). The van der Waals surface area contributed by atoms with Crippen LogP contribution in [-0.4, -0.2) is 64.2 Å². The molecule has 0 saturated carbocycles. The molecule has 8 nitrogen and oxygen atoms in total. The Balaban J connectivity index is 1.82. The lowest BCUT2D eigenvalue weighted by Crippen LogP contribution is -2.74. The number of aliphatic hydroxyl groups is 1. The van der Waals surface area contributed by atoms with Gasteiger partial charge in [-0.2, -0.15) is 0 Å². The van der Waals surface area contributed by atoms with E-state index < -0.39 is 29.8 Å². The van der Waals surface area contributed by atoms with E-state index in [-0.39, 0.29) is 5.91 Å². The Labute approximate surface area is 180 Å². The smallest absolute Gasteiger partial charge is 0.279 e. The fourth-order valence-corrected chi connectivity index (χ4v) is 5.45. The number of nitrogens with zero attached hydrogens (tertiary/aromatic N) is 2. The number of allylic oxidation sites excluding steroid dienone is 1. The van der Waals surface area contributed by atoms with Gasteiger partial charge >= 0.3 is 0 Å². The van der Waals surface area contributed by atoms with Crippen LogP contribution in [0.5, 0.6) is 5.75 Å². The highest BCUT2D eigenvalue weighted by atomic mass is 16.5. The van der Waals surface area contributed by atoms with Crippen LogP contribution in [0.25, 0.3) is 10.9 Å². The zero-order valence-corrected chi connectivity index (χ0v) is 18.1. The molecule has 1 aromatic heterocycles. The van der Waals surface area contributed by atoms with Gasteiger partial charge in [0.05, 0.1) is 13.2 Å². The first-order chi connectivity index (χ1) is 14.8. The monoisotopic (exact) mass is 425 g/mol. The van der Waals surface area contributed by atoms with Gasteiger partial charge in [0.2, 0.25) is 5.91 Å². The van der Waals surface area contributed by atoms with Crippen LogP contribution in [0.15, 0.2) is 29.8 Å². The molecule has 0 radical (unpaired) electrons. The molecule has 2 N–H and O–H groups in total. The van der Waals surface area contributed by atoms with Gasteiger partial charge in [-0.15, -0.1) is 0 Å². The number of ether oxygens (including phenoxy) is 2. The van der Waals surface area contributed by atoms with Crippen molar-refractivity contribution in [3.63, 3.8) is 0 Å². The minimum absolute atomic E-state index is 0.244.